The van der Waals surface area contributed by atoms with Gasteiger partial charge in [-0.05, 0) is 55.3 Å². The number of ether oxygens (including phenoxy) is 1. The number of aromatic nitrogens is 3. The molecule has 1 amide bonds. The second kappa shape index (κ2) is 10.4. The lowest BCUT2D eigenvalue weighted by Gasteiger charge is -2.12. The van der Waals surface area contributed by atoms with Crippen LogP contribution in [-0.4, -0.2) is 33.8 Å². The lowest BCUT2D eigenvalue weighted by Crippen LogP contribution is -2.31. The number of carbonyl (C=O) groups excluding carboxylic acids is 1. The van der Waals surface area contributed by atoms with E-state index in [1.807, 2.05) is 42.7 Å². The van der Waals surface area contributed by atoms with Gasteiger partial charge >= 0.3 is 0 Å². The molecular formula is C22H25FN4O2S. The van der Waals surface area contributed by atoms with Gasteiger partial charge in [0.05, 0.1) is 0 Å². The molecule has 3 rings (SSSR count). The van der Waals surface area contributed by atoms with Crippen molar-refractivity contribution in [3.63, 3.8) is 0 Å². The molecule has 1 aromatic heterocycles. The van der Waals surface area contributed by atoms with Crippen LogP contribution >= 0.6 is 11.8 Å². The molecule has 0 saturated carbocycles. The molecule has 6 nitrogen and oxygen atoms in total. The van der Waals surface area contributed by atoms with Gasteiger partial charge in [-0.3, -0.25) is 9.36 Å². The molecule has 0 aliphatic heterocycles. The van der Waals surface area contributed by atoms with Crippen molar-refractivity contribution in [3.8, 4) is 5.69 Å². The Labute approximate surface area is 179 Å². The van der Waals surface area contributed by atoms with Gasteiger partial charge in [-0.2, -0.15) is 0 Å². The number of carbonyl (C=O) groups is 1. The summed E-state index contributed by atoms with van der Waals surface area (Å²) < 4.78 is 20.4. The predicted octanol–water partition coefficient (Wildman–Crippen LogP) is 4.37. The third-order valence-corrected chi connectivity index (χ3v) is 5.63. The first kappa shape index (κ1) is 22.0. The first-order chi connectivity index (χ1) is 14.5. The molecule has 0 unspecified atom stereocenters. The molecule has 0 fully saturated rings. The van der Waals surface area contributed by atoms with Crippen molar-refractivity contribution in [1.82, 2.24) is 20.1 Å². The zero-order valence-corrected chi connectivity index (χ0v) is 18.1. The number of methoxy groups -OCH3 is 1. The van der Waals surface area contributed by atoms with Crippen LogP contribution in [0.25, 0.3) is 5.69 Å². The van der Waals surface area contributed by atoms with E-state index >= 15 is 0 Å². The Kier molecular flexibility index (Phi) is 7.59. The van der Waals surface area contributed by atoms with Crippen molar-refractivity contribution >= 4 is 17.7 Å². The quantitative estimate of drug-likeness (QED) is 0.513. The van der Waals surface area contributed by atoms with Gasteiger partial charge in [-0.1, -0.05) is 30.8 Å². The summed E-state index contributed by atoms with van der Waals surface area (Å²) >= 11 is 1.51. The van der Waals surface area contributed by atoms with Crippen LogP contribution in [0.15, 0.2) is 53.7 Å². The van der Waals surface area contributed by atoms with Gasteiger partial charge in [0, 0.05) is 30.2 Å². The Balaban J connectivity index is 1.73. The summed E-state index contributed by atoms with van der Waals surface area (Å²) in [6, 6.07) is 13.9. The molecule has 8 heteroatoms. The maximum absolute atomic E-state index is 13.3. The number of nitrogens with zero attached hydrogens (tertiary/aromatic N) is 3. The fourth-order valence-corrected chi connectivity index (χ4v) is 3.70. The summed E-state index contributed by atoms with van der Waals surface area (Å²) in [4.78, 5) is 12.2. The molecule has 30 heavy (non-hydrogen) atoms. The lowest BCUT2D eigenvalue weighted by atomic mass is 10.1. The summed E-state index contributed by atoms with van der Waals surface area (Å²) in [5.41, 5.74) is 2.47. The Morgan fingerprint density at radius 1 is 1.17 bits per heavy atom. The lowest BCUT2D eigenvalue weighted by molar-refractivity contribution is 0.0939. The van der Waals surface area contributed by atoms with Crippen molar-refractivity contribution in [3.05, 3.63) is 71.3 Å². The number of amides is 1. The smallest absolute Gasteiger partial charge is 0.251 e. The van der Waals surface area contributed by atoms with Crippen molar-refractivity contribution in [2.24, 2.45) is 0 Å². The molecule has 0 spiro atoms. The topological polar surface area (TPSA) is 69.0 Å². The molecule has 158 valence electrons. The van der Waals surface area contributed by atoms with E-state index in [-0.39, 0.29) is 17.8 Å². The van der Waals surface area contributed by atoms with Crippen LogP contribution in [-0.2, 0) is 17.1 Å². The highest BCUT2D eigenvalue weighted by Crippen LogP contribution is 2.26. The molecule has 3 aromatic rings. The molecule has 0 saturated heterocycles. The molecule has 1 atom stereocenters. The van der Waals surface area contributed by atoms with Crippen molar-refractivity contribution in [1.29, 1.82) is 0 Å². The highest BCUT2D eigenvalue weighted by atomic mass is 32.2. The van der Waals surface area contributed by atoms with Crippen LogP contribution in [0, 0.1) is 5.82 Å². The Morgan fingerprint density at radius 3 is 2.50 bits per heavy atom. The minimum absolute atomic E-state index is 0.0659. The van der Waals surface area contributed by atoms with E-state index in [0.717, 1.165) is 17.7 Å². The normalized spacial score (nSPS) is 12.0. The summed E-state index contributed by atoms with van der Waals surface area (Å²) in [6.07, 6.45) is 0.889. The first-order valence-electron chi connectivity index (χ1n) is 9.73. The van der Waals surface area contributed by atoms with E-state index in [9.17, 15) is 9.18 Å². The number of nitrogens with one attached hydrogen (secondary N) is 1. The fraction of sp³-hybridized carbons (Fsp3) is 0.318. The Hall–Kier alpha value is -2.71. The molecule has 0 aliphatic carbocycles. The van der Waals surface area contributed by atoms with Crippen LogP contribution in [0.1, 0.15) is 42.0 Å². The molecule has 0 aliphatic rings. The molecule has 0 radical (unpaired) electrons. The monoisotopic (exact) mass is 428 g/mol. The highest BCUT2D eigenvalue weighted by Gasteiger charge is 2.15. The van der Waals surface area contributed by atoms with Gasteiger partial charge in [0.2, 0.25) is 0 Å². The average molecular weight is 429 g/mol. The highest BCUT2D eigenvalue weighted by molar-refractivity contribution is 7.98. The van der Waals surface area contributed by atoms with Crippen LogP contribution in [0.3, 0.4) is 0 Å². The van der Waals surface area contributed by atoms with Crippen molar-refractivity contribution in [2.75, 3.05) is 7.11 Å². The second-order valence-electron chi connectivity index (χ2n) is 6.91. The zero-order valence-electron chi connectivity index (χ0n) is 17.3. The summed E-state index contributed by atoms with van der Waals surface area (Å²) in [5.74, 6) is 0.929. The number of hydrogen-bond acceptors (Lipinski definition) is 5. The second-order valence-corrected chi connectivity index (χ2v) is 7.85. The Bertz CT molecular complexity index is 974. The number of thioether (sulfide) groups is 1. The third kappa shape index (κ3) is 5.46. The van der Waals surface area contributed by atoms with Crippen molar-refractivity contribution < 1.29 is 13.9 Å². The largest absolute Gasteiger partial charge is 0.377 e. The maximum atomic E-state index is 13.3. The number of benzene rings is 2. The molecular weight excluding hydrogens is 403 g/mol. The minimum atomic E-state index is -0.299. The van der Waals surface area contributed by atoms with Crippen molar-refractivity contribution in [2.45, 2.75) is 43.8 Å². The standard InChI is InChI=1S/C22H25FN4O2S/c1-4-15(2)24-21(28)17-7-5-16(6-8-17)14-30-22-26-25-20(13-29-3)27(22)19-11-9-18(23)10-12-19/h5-12,15H,4,13-14H2,1-3H3,(H,24,28)/t15-/m1/s1. The van der Waals surface area contributed by atoms with Gasteiger partial charge < -0.3 is 10.1 Å². The van der Waals surface area contributed by atoms with E-state index in [1.165, 1.54) is 23.9 Å². The number of rotatable bonds is 9. The van der Waals surface area contributed by atoms with E-state index in [2.05, 4.69) is 15.5 Å². The van der Waals surface area contributed by atoms with Gasteiger partial charge in [0.25, 0.3) is 5.91 Å². The first-order valence-corrected chi connectivity index (χ1v) is 10.7. The van der Waals surface area contributed by atoms with E-state index < -0.39 is 0 Å². The molecule has 2 aromatic carbocycles. The van der Waals surface area contributed by atoms with Gasteiger partial charge in [-0.15, -0.1) is 10.2 Å². The van der Waals surface area contributed by atoms with Gasteiger partial charge in [0.15, 0.2) is 11.0 Å². The predicted molar refractivity (Wildman–Crippen MR) is 115 cm³/mol. The maximum Gasteiger partial charge on any atom is 0.251 e. The summed E-state index contributed by atoms with van der Waals surface area (Å²) in [7, 11) is 1.59. The SMILES string of the molecule is CC[C@@H](C)NC(=O)c1ccc(CSc2nnc(COC)n2-c2ccc(F)cc2)cc1. The van der Waals surface area contributed by atoms with E-state index in [4.69, 9.17) is 4.74 Å². The van der Waals surface area contributed by atoms with E-state index in [0.29, 0.717) is 28.9 Å². The van der Waals surface area contributed by atoms with E-state index in [1.54, 1.807) is 19.2 Å². The molecule has 1 N–H and O–H groups in total. The third-order valence-electron chi connectivity index (χ3n) is 4.63. The van der Waals surface area contributed by atoms with Crippen LogP contribution < -0.4 is 5.32 Å². The number of hydrogen-bond donors (Lipinski definition) is 1. The molecule has 1 heterocycles. The van der Waals surface area contributed by atoms with Gasteiger partial charge in [-0.25, -0.2) is 4.39 Å². The van der Waals surface area contributed by atoms with Crippen LogP contribution in [0.5, 0.6) is 0 Å². The summed E-state index contributed by atoms with van der Waals surface area (Å²) in [6.45, 7) is 4.32. The van der Waals surface area contributed by atoms with Crippen LogP contribution in [0.2, 0.25) is 0 Å². The van der Waals surface area contributed by atoms with Gasteiger partial charge in [0.1, 0.15) is 12.4 Å². The van der Waals surface area contributed by atoms with Crippen LogP contribution in [0.4, 0.5) is 4.39 Å². The minimum Gasteiger partial charge on any atom is -0.377 e. The summed E-state index contributed by atoms with van der Waals surface area (Å²) in [5, 5.41) is 12.1. The fourth-order valence-electron chi connectivity index (χ4n) is 2.78. The molecule has 0 bridgehead atoms. The number of halogens is 1. The Morgan fingerprint density at radius 2 is 1.87 bits per heavy atom. The zero-order chi connectivity index (χ0) is 21.5. The average Bonchev–Trinajstić information content (AvgIpc) is 3.16.